The number of hydrogen-bond acceptors (Lipinski definition) is 2. The molecular formula is C16H20O2. The lowest BCUT2D eigenvalue weighted by Gasteiger charge is -2.26. The molecule has 0 amide bonds. The van der Waals surface area contributed by atoms with Gasteiger partial charge in [0.05, 0.1) is 13.4 Å². The van der Waals surface area contributed by atoms with Crippen molar-refractivity contribution >= 4 is 11.0 Å². The Balaban J connectivity index is 2.45. The molecule has 0 N–H and O–H groups in total. The number of hydrogen-bond donors (Lipinski definition) is 0. The Hall–Kier alpha value is -1.44. The first-order valence-electron chi connectivity index (χ1n) is 6.72. The van der Waals surface area contributed by atoms with Crippen LogP contribution in [-0.4, -0.2) is 7.11 Å². The smallest absolute Gasteiger partial charge is 0.176 e. The lowest BCUT2D eigenvalue weighted by Crippen LogP contribution is -2.11. The van der Waals surface area contributed by atoms with Gasteiger partial charge in [-0.15, -0.1) is 0 Å². The van der Waals surface area contributed by atoms with E-state index in [9.17, 15) is 0 Å². The second-order valence-electron chi connectivity index (χ2n) is 5.47. The molecule has 2 heteroatoms. The second kappa shape index (κ2) is 4.04. The number of benzene rings is 1. The van der Waals surface area contributed by atoms with Crippen LogP contribution in [0, 0.1) is 13.8 Å². The fraction of sp³-hybridized carbons (Fsp3) is 0.500. The summed E-state index contributed by atoms with van der Waals surface area (Å²) in [5.74, 6) is 1.59. The van der Waals surface area contributed by atoms with E-state index in [1.807, 2.05) is 6.26 Å². The number of methoxy groups -OCH3 is 1. The molecule has 2 nitrogen and oxygen atoms in total. The fourth-order valence-electron chi connectivity index (χ4n) is 3.56. The van der Waals surface area contributed by atoms with Crippen LogP contribution < -0.4 is 4.74 Å². The molecule has 0 saturated carbocycles. The van der Waals surface area contributed by atoms with Crippen molar-refractivity contribution in [2.75, 3.05) is 7.11 Å². The predicted molar refractivity (Wildman–Crippen MR) is 73.6 cm³/mol. The number of fused-ring (bicyclic) bond motifs is 2. The maximum absolute atomic E-state index is 5.73. The van der Waals surface area contributed by atoms with Crippen molar-refractivity contribution in [1.82, 2.24) is 0 Å². The average Bonchev–Trinajstić information content (AvgIpc) is 2.72. The Morgan fingerprint density at radius 3 is 2.83 bits per heavy atom. The van der Waals surface area contributed by atoms with Gasteiger partial charge in [-0.05, 0) is 55.7 Å². The van der Waals surface area contributed by atoms with Crippen molar-refractivity contribution in [3.63, 3.8) is 0 Å². The van der Waals surface area contributed by atoms with Crippen molar-refractivity contribution in [1.29, 1.82) is 0 Å². The summed E-state index contributed by atoms with van der Waals surface area (Å²) in [6, 6.07) is 0. The molecule has 2 aromatic rings. The molecule has 1 aliphatic rings. The van der Waals surface area contributed by atoms with Crippen molar-refractivity contribution < 1.29 is 9.15 Å². The third kappa shape index (κ3) is 1.41. The Kier molecular flexibility index (Phi) is 2.61. The van der Waals surface area contributed by atoms with Crippen molar-refractivity contribution in [2.45, 2.75) is 46.0 Å². The Morgan fingerprint density at radius 1 is 1.33 bits per heavy atom. The zero-order valence-corrected chi connectivity index (χ0v) is 11.6. The summed E-state index contributed by atoms with van der Waals surface area (Å²) in [4.78, 5) is 0. The van der Waals surface area contributed by atoms with Gasteiger partial charge in [-0.3, -0.25) is 0 Å². The van der Waals surface area contributed by atoms with Gasteiger partial charge in [-0.1, -0.05) is 6.92 Å². The van der Waals surface area contributed by atoms with Crippen LogP contribution in [0.15, 0.2) is 10.7 Å². The standard InChI is InChI=1S/C16H20O2/c1-9-6-5-7-12-13(9)11(3)14-10(2)8-18-16(14)15(12)17-4/h8-9H,5-7H2,1-4H3. The van der Waals surface area contributed by atoms with E-state index in [1.165, 1.54) is 40.5 Å². The lowest BCUT2D eigenvalue weighted by atomic mass is 9.79. The van der Waals surface area contributed by atoms with E-state index >= 15 is 0 Å². The van der Waals surface area contributed by atoms with E-state index in [4.69, 9.17) is 9.15 Å². The minimum atomic E-state index is 0.626. The van der Waals surface area contributed by atoms with Gasteiger partial charge in [-0.2, -0.15) is 0 Å². The zero-order chi connectivity index (χ0) is 12.9. The zero-order valence-electron chi connectivity index (χ0n) is 11.6. The van der Waals surface area contributed by atoms with Gasteiger partial charge in [0, 0.05) is 10.9 Å². The summed E-state index contributed by atoms with van der Waals surface area (Å²) in [6.07, 6.45) is 5.48. The normalized spacial score (nSPS) is 19.0. The summed E-state index contributed by atoms with van der Waals surface area (Å²) >= 11 is 0. The highest BCUT2D eigenvalue weighted by Gasteiger charge is 2.26. The molecule has 1 heterocycles. The quantitative estimate of drug-likeness (QED) is 0.737. The van der Waals surface area contributed by atoms with E-state index < -0.39 is 0 Å². The van der Waals surface area contributed by atoms with Gasteiger partial charge in [0.25, 0.3) is 0 Å². The van der Waals surface area contributed by atoms with Crippen LogP contribution in [0.1, 0.15) is 47.9 Å². The number of ether oxygens (including phenoxy) is 1. The van der Waals surface area contributed by atoms with Crippen LogP contribution in [0.4, 0.5) is 0 Å². The van der Waals surface area contributed by atoms with Crippen LogP contribution in [0.3, 0.4) is 0 Å². The highest BCUT2D eigenvalue weighted by Crippen LogP contribution is 2.45. The molecule has 1 aromatic carbocycles. The summed E-state index contributed by atoms with van der Waals surface area (Å²) in [6.45, 7) is 6.66. The first-order valence-corrected chi connectivity index (χ1v) is 6.72. The molecule has 1 aromatic heterocycles. The maximum Gasteiger partial charge on any atom is 0.176 e. The maximum atomic E-state index is 5.73. The first-order chi connectivity index (χ1) is 8.65. The molecule has 0 aliphatic heterocycles. The molecule has 1 atom stereocenters. The van der Waals surface area contributed by atoms with Crippen molar-refractivity contribution in [3.8, 4) is 5.75 Å². The van der Waals surface area contributed by atoms with E-state index in [0.717, 1.165) is 17.8 Å². The summed E-state index contributed by atoms with van der Waals surface area (Å²) in [5, 5.41) is 1.25. The van der Waals surface area contributed by atoms with Crippen LogP contribution in [0.25, 0.3) is 11.0 Å². The second-order valence-corrected chi connectivity index (χ2v) is 5.47. The van der Waals surface area contributed by atoms with E-state index in [0.29, 0.717) is 5.92 Å². The molecular weight excluding hydrogens is 224 g/mol. The molecule has 0 bridgehead atoms. The molecule has 1 aliphatic carbocycles. The fourth-order valence-corrected chi connectivity index (χ4v) is 3.56. The van der Waals surface area contributed by atoms with Crippen LogP contribution in [-0.2, 0) is 6.42 Å². The lowest BCUT2D eigenvalue weighted by molar-refractivity contribution is 0.399. The van der Waals surface area contributed by atoms with Gasteiger partial charge < -0.3 is 9.15 Å². The molecule has 96 valence electrons. The third-order valence-corrected chi connectivity index (χ3v) is 4.32. The van der Waals surface area contributed by atoms with Crippen molar-refractivity contribution in [2.24, 2.45) is 0 Å². The highest BCUT2D eigenvalue weighted by atomic mass is 16.5. The monoisotopic (exact) mass is 244 g/mol. The minimum absolute atomic E-state index is 0.626. The van der Waals surface area contributed by atoms with Crippen LogP contribution in [0.2, 0.25) is 0 Å². The number of rotatable bonds is 1. The third-order valence-electron chi connectivity index (χ3n) is 4.32. The molecule has 0 fully saturated rings. The minimum Gasteiger partial charge on any atom is -0.493 e. The van der Waals surface area contributed by atoms with Gasteiger partial charge >= 0.3 is 0 Å². The van der Waals surface area contributed by atoms with E-state index in [1.54, 1.807) is 7.11 Å². The number of furan rings is 1. The summed E-state index contributed by atoms with van der Waals surface area (Å²) in [5.41, 5.74) is 6.40. The average molecular weight is 244 g/mol. The Labute approximate surface area is 108 Å². The SMILES string of the molecule is COc1c2c(c(C)c3c(C)coc13)C(C)CCC2. The van der Waals surface area contributed by atoms with Crippen molar-refractivity contribution in [3.05, 3.63) is 28.5 Å². The predicted octanol–water partition coefficient (Wildman–Crippen LogP) is 4.50. The summed E-state index contributed by atoms with van der Waals surface area (Å²) in [7, 11) is 1.75. The molecule has 0 radical (unpaired) electrons. The van der Waals surface area contributed by atoms with E-state index in [2.05, 4.69) is 20.8 Å². The Bertz CT molecular complexity index is 607. The first kappa shape index (κ1) is 11.6. The summed E-state index contributed by atoms with van der Waals surface area (Å²) < 4.78 is 11.4. The number of aryl methyl sites for hydroxylation is 2. The van der Waals surface area contributed by atoms with E-state index in [-0.39, 0.29) is 0 Å². The molecule has 0 spiro atoms. The molecule has 0 saturated heterocycles. The Morgan fingerprint density at radius 2 is 2.11 bits per heavy atom. The largest absolute Gasteiger partial charge is 0.493 e. The highest BCUT2D eigenvalue weighted by molar-refractivity contribution is 5.92. The molecule has 18 heavy (non-hydrogen) atoms. The van der Waals surface area contributed by atoms with Gasteiger partial charge in [-0.25, -0.2) is 0 Å². The van der Waals surface area contributed by atoms with Gasteiger partial charge in [0.15, 0.2) is 11.3 Å². The molecule has 1 unspecified atom stereocenters. The molecule has 3 rings (SSSR count). The van der Waals surface area contributed by atoms with Crippen LogP contribution in [0.5, 0.6) is 5.75 Å². The van der Waals surface area contributed by atoms with Gasteiger partial charge in [0.1, 0.15) is 0 Å². The van der Waals surface area contributed by atoms with Gasteiger partial charge in [0.2, 0.25) is 0 Å². The topological polar surface area (TPSA) is 22.4 Å². The van der Waals surface area contributed by atoms with Crippen LogP contribution >= 0.6 is 0 Å².